The van der Waals surface area contributed by atoms with Crippen LogP contribution in [0.4, 0.5) is 4.39 Å². The molecule has 0 saturated carbocycles. The van der Waals surface area contributed by atoms with Crippen LogP contribution in [0.2, 0.25) is 0 Å². The molecule has 5 rings (SSSR count). The molecule has 9 heteroatoms. The number of hydrogen-bond donors (Lipinski definition) is 2. The number of halogens is 1. The zero-order valence-electron chi connectivity index (χ0n) is 18.9. The van der Waals surface area contributed by atoms with Gasteiger partial charge in [0.2, 0.25) is 5.91 Å². The number of aromatic nitrogens is 2. The molecule has 0 aliphatic carbocycles. The highest BCUT2D eigenvalue weighted by molar-refractivity contribution is 5.94. The van der Waals surface area contributed by atoms with Gasteiger partial charge < -0.3 is 19.6 Å². The van der Waals surface area contributed by atoms with Crippen molar-refractivity contribution in [1.82, 2.24) is 24.5 Å². The lowest BCUT2D eigenvalue weighted by Gasteiger charge is -2.38. The third-order valence-corrected chi connectivity index (χ3v) is 6.92. The quantitative estimate of drug-likeness (QED) is 0.615. The van der Waals surface area contributed by atoms with E-state index in [2.05, 4.69) is 15.2 Å². The highest BCUT2D eigenvalue weighted by atomic mass is 19.1. The van der Waals surface area contributed by atoms with Gasteiger partial charge in [-0.05, 0) is 42.7 Å². The van der Waals surface area contributed by atoms with Crippen molar-refractivity contribution < 1.29 is 14.0 Å². The maximum atomic E-state index is 14.7. The minimum absolute atomic E-state index is 0.0775. The van der Waals surface area contributed by atoms with Crippen LogP contribution in [-0.4, -0.2) is 69.8 Å². The second-order valence-corrected chi connectivity index (χ2v) is 9.02. The minimum atomic E-state index is -0.527. The van der Waals surface area contributed by atoms with Crippen LogP contribution < -0.4 is 10.9 Å². The summed E-state index contributed by atoms with van der Waals surface area (Å²) in [5, 5.41) is 2.90. The van der Waals surface area contributed by atoms with E-state index in [1.165, 1.54) is 6.07 Å². The molecular weight excluding hydrogens is 437 g/mol. The first-order valence-electron chi connectivity index (χ1n) is 11.8. The number of amides is 2. The van der Waals surface area contributed by atoms with E-state index in [1.54, 1.807) is 39.8 Å². The Labute approximate surface area is 196 Å². The number of H-pyrrole nitrogens is 1. The first-order valence-corrected chi connectivity index (χ1v) is 11.8. The zero-order chi connectivity index (χ0) is 23.7. The summed E-state index contributed by atoms with van der Waals surface area (Å²) in [6.07, 6.45) is 6.04. The van der Waals surface area contributed by atoms with Crippen molar-refractivity contribution in [1.29, 1.82) is 0 Å². The van der Waals surface area contributed by atoms with Crippen LogP contribution in [0.5, 0.6) is 0 Å². The van der Waals surface area contributed by atoms with Crippen molar-refractivity contribution in [2.45, 2.75) is 31.7 Å². The molecule has 8 nitrogen and oxygen atoms in total. The largest absolute Gasteiger partial charge is 0.355 e. The van der Waals surface area contributed by atoms with Gasteiger partial charge in [-0.15, -0.1) is 0 Å². The molecule has 0 bridgehead atoms. The van der Waals surface area contributed by atoms with Crippen LogP contribution in [0.25, 0.3) is 5.52 Å². The Balaban J connectivity index is 1.28. The molecule has 3 aromatic rings. The van der Waals surface area contributed by atoms with Crippen LogP contribution in [0.15, 0.2) is 47.5 Å². The SMILES string of the molecule is O=C1CCN(C2CCN(C(=O)c3cc(Cc4c[nH]c(=O)c5cccn45)ccc3F)CC2)CCN1. The fourth-order valence-corrected chi connectivity index (χ4v) is 5.05. The Bertz CT molecular complexity index is 1280. The van der Waals surface area contributed by atoms with Crippen molar-refractivity contribution in [2.75, 3.05) is 32.7 Å². The van der Waals surface area contributed by atoms with Crippen LogP contribution in [0.1, 0.15) is 40.9 Å². The van der Waals surface area contributed by atoms with Gasteiger partial charge in [-0.2, -0.15) is 0 Å². The Morgan fingerprint density at radius 1 is 1.09 bits per heavy atom. The Hall–Kier alpha value is -3.46. The van der Waals surface area contributed by atoms with Gasteiger partial charge >= 0.3 is 0 Å². The molecule has 2 aromatic heterocycles. The first-order chi connectivity index (χ1) is 16.5. The molecule has 0 spiro atoms. The summed E-state index contributed by atoms with van der Waals surface area (Å²) in [5.41, 5.74) is 2.09. The predicted molar refractivity (Wildman–Crippen MR) is 125 cm³/mol. The standard InChI is InChI=1S/C25H28FN5O3/c26-21-4-3-17(14-19-16-28-24(33)22-2-1-9-31(19)22)15-20(21)25(34)30-10-5-18(6-11-30)29-12-7-23(32)27-8-13-29/h1-4,9,15-16,18H,5-8,10-14H2,(H,27,32)(H,28,33). The summed E-state index contributed by atoms with van der Waals surface area (Å²) in [5.74, 6) is -0.733. The Morgan fingerprint density at radius 2 is 1.91 bits per heavy atom. The molecule has 1 aromatic carbocycles. The van der Waals surface area contributed by atoms with Crippen molar-refractivity contribution in [3.8, 4) is 0 Å². The van der Waals surface area contributed by atoms with Gasteiger partial charge in [0.05, 0.1) is 5.56 Å². The highest BCUT2D eigenvalue weighted by Gasteiger charge is 2.29. The number of fused-ring (bicyclic) bond motifs is 1. The third kappa shape index (κ3) is 4.48. The van der Waals surface area contributed by atoms with Gasteiger partial charge in [-0.25, -0.2) is 4.39 Å². The second-order valence-electron chi connectivity index (χ2n) is 9.02. The van der Waals surface area contributed by atoms with E-state index in [4.69, 9.17) is 0 Å². The summed E-state index contributed by atoms with van der Waals surface area (Å²) in [6, 6.07) is 8.51. The van der Waals surface area contributed by atoms with E-state index in [1.807, 2.05) is 6.20 Å². The van der Waals surface area contributed by atoms with Crippen LogP contribution in [0.3, 0.4) is 0 Å². The summed E-state index contributed by atoms with van der Waals surface area (Å²) >= 11 is 0. The van der Waals surface area contributed by atoms with Crippen LogP contribution in [-0.2, 0) is 11.2 Å². The maximum absolute atomic E-state index is 14.7. The smallest absolute Gasteiger partial charge is 0.272 e. The number of benzene rings is 1. The number of rotatable bonds is 4. The molecule has 0 unspecified atom stereocenters. The number of nitrogens with one attached hydrogen (secondary N) is 2. The average molecular weight is 466 g/mol. The number of carbonyl (C=O) groups is 2. The number of piperidine rings is 1. The molecule has 2 aliphatic rings. The molecule has 178 valence electrons. The normalized spacial score (nSPS) is 18.1. The topological polar surface area (TPSA) is 89.9 Å². The van der Waals surface area contributed by atoms with Gasteiger partial charge in [-0.3, -0.25) is 19.3 Å². The molecule has 34 heavy (non-hydrogen) atoms. The van der Waals surface area contributed by atoms with Gasteiger partial charge in [0.15, 0.2) is 0 Å². The number of nitrogens with zero attached hydrogens (tertiary/aromatic N) is 3. The van der Waals surface area contributed by atoms with E-state index in [9.17, 15) is 18.8 Å². The van der Waals surface area contributed by atoms with Crippen LogP contribution in [0, 0.1) is 5.82 Å². The summed E-state index contributed by atoms with van der Waals surface area (Å²) < 4.78 is 16.5. The molecule has 4 heterocycles. The van der Waals surface area contributed by atoms with Crippen molar-refractivity contribution >= 4 is 17.3 Å². The molecule has 2 fully saturated rings. The zero-order valence-corrected chi connectivity index (χ0v) is 18.9. The summed E-state index contributed by atoms with van der Waals surface area (Å²) in [6.45, 7) is 3.34. The predicted octanol–water partition coefficient (Wildman–Crippen LogP) is 1.78. The van der Waals surface area contributed by atoms with Crippen molar-refractivity contribution in [3.63, 3.8) is 0 Å². The molecule has 2 saturated heterocycles. The lowest BCUT2D eigenvalue weighted by molar-refractivity contribution is -0.120. The van der Waals surface area contributed by atoms with Gasteiger partial charge in [0, 0.05) is 69.7 Å². The van der Waals surface area contributed by atoms with Crippen molar-refractivity contribution in [3.05, 3.63) is 75.7 Å². The second kappa shape index (κ2) is 9.42. The van der Waals surface area contributed by atoms with Crippen LogP contribution >= 0.6 is 0 Å². The number of hydrogen-bond acceptors (Lipinski definition) is 4. The van der Waals surface area contributed by atoms with E-state index in [0.717, 1.165) is 37.2 Å². The Kier molecular flexibility index (Phi) is 6.19. The average Bonchev–Trinajstić information content (AvgIpc) is 3.25. The van der Waals surface area contributed by atoms with E-state index in [-0.39, 0.29) is 22.9 Å². The molecule has 2 amide bonds. The summed E-state index contributed by atoms with van der Waals surface area (Å²) in [4.78, 5) is 43.5. The lowest BCUT2D eigenvalue weighted by atomic mass is 10.0. The maximum Gasteiger partial charge on any atom is 0.272 e. The molecule has 0 atom stereocenters. The molecular formula is C25H28FN5O3. The first kappa shape index (κ1) is 22.3. The van der Waals surface area contributed by atoms with Gasteiger partial charge in [0.25, 0.3) is 11.5 Å². The van der Waals surface area contributed by atoms with Gasteiger partial charge in [0.1, 0.15) is 11.3 Å². The number of aromatic amines is 1. The fourth-order valence-electron chi connectivity index (χ4n) is 5.05. The highest BCUT2D eigenvalue weighted by Crippen LogP contribution is 2.22. The minimum Gasteiger partial charge on any atom is -0.355 e. The number of carbonyl (C=O) groups excluding carboxylic acids is 2. The molecule has 2 N–H and O–H groups in total. The van der Waals surface area contributed by atoms with E-state index < -0.39 is 5.82 Å². The Morgan fingerprint density at radius 3 is 2.74 bits per heavy atom. The fraction of sp³-hybridized carbons (Fsp3) is 0.400. The third-order valence-electron chi connectivity index (χ3n) is 6.92. The monoisotopic (exact) mass is 465 g/mol. The molecule has 2 aliphatic heterocycles. The van der Waals surface area contributed by atoms with Crippen molar-refractivity contribution in [2.24, 2.45) is 0 Å². The molecule has 0 radical (unpaired) electrons. The van der Waals surface area contributed by atoms with E-state index in [0.29, 0.717) is 44.0 Å². The number of likely N-dealkylation sites (tertiary alicyclic amines) is 1. The summed E-state index contributed by atoms with van der Waals surface area (Å²) in [7, 11) is 0. The van der Waals surface area contributed by atoms with Gasteiger partial charge in [-0.1, -0.05) is 6.07 Å². The lowest BCUT2D eigenvalue weighted by Crippen LogP contribution is -2.47. The van der Waals surface area contributed by atoms with E-state index >= 15 is 0 Å².